The van der Waals surface area contributed by atoms with Crippen LogP contribution in [0.5, 0.6) is 5.75 Å². The molecule has 3 aromatic rings. The molecule has 146 valence electrons. The summed E-state index contributed by atoms with van der Waals surface area (Å²) in [6, 6.07) is 6.88. The van der Waals surface area contributed by atoms with Crippen molar-refractivity contribution >= 4 is 33.3 Å². The molecule has 2 aromatic heterocycles. The molecule has 28 heavy (non-hydrogen) atoms. The van der Waals surface area contributed by atoms with Crippen molar-refractivity contribution in [3.63, 3.8) is 0 Å². The van der Waals surface area contributed by atoms with E-state index in [4.69, 9.17) is 4.74 Å². The molecule has 0 radical (unpaired) electrons. The van der Waals surface area contributed by atoms with Gasteiger partial charge in [0.05, 0.1) is 12.5 Å². The highest BCUT2D eigenvalue weighted by Crippen LogP contribution is 2.27. The van der Waals surface area contributed by atoms with E-state index in [1.54, 1.807) is 29.8 Å². The molecule has 4 rings (SSSR count). The number of fused-ring (bicyclic) bond motifs is 1. The summed E-state index contributed by atoms with van der Waals surface area (Å²) in [6.07, 6.45) is 2.48. The van der Waals surface area contributed by atoms with E-state index in [9.17, 15) is 9.18 Å². The van der Waals surface area contributed by atoms with Crippen LogP contribution in [0.15, 0.2) is 36.0 Å². The average Bonchev–Trinajstić information content (AvgIpc) is 3.21. The van der Waals surface area contributed by atoms with E-state index in [-0.39, 0.29) is 11.7 Å². The second-order valence-electron chi connectivity index (χ2n) is 6.67. The molecule has 1 saturated heterocycles. The van der Waals surface area contributed by atoms with E-state index in [0.717, 1.165) is 34.7 Å². The van der Waals surface area contributed by atoms with Gasteiger partial charge in [0, 0.05) is 32.6 Å². The van der Waals surface area contributed by atoms with Gasteiger partial charge in [0.1, 0.15) is 17.0 Å². The number of carbonyl (C=O) groups excluding carboxylic acids is 1. The van der Waals surface area contributed by atoms with Gasteiger partial charge >= 0.3 is 0 Å². The minimum atomic E-state index is -0.398. The number of thiophene rings is 1. The van der Waals surface area contributed by atoms with Crippen molar-refractivity contribution in [3.05, 3.63) is 47.4 Å². The van der Waals surface area contributed by atoms with E-state index in [2.05, 4.69) is 14.9 Å². The summed E-state index contributed by atoms with van der Waals surface area (Å²) in [6.45, 7) is 2.80. The first-order chi connectivity index (χ1) is 13.7. The van der Waals surface area contributed by atoms with Gasteiger partial charge < -0.3 is 14.5 Å². The molecule has 1 amide bonds. The summed E-state index contributed by atoms with van der Waals surface area (Å²) in [7, 11) is 1.44. The van der Waals surface area contributed by atoms with Crippen molar-refractivity contribution < 1.29 is 13.9 Å². The van der Waals surface area contributed by atoms with E-state index in [0.29, 0.717) is 25.9 Å². The van der Waals surface area contributed by atoms with Crippen LogP contribution in [-0.4, -0.2) is 54.1 Å². The molecule has 6 nitrogen and oxygen atoms in total. The van der Waals surface area contributed by atoms with Gasteiger partial charge in [-0.05, 0) is 35.6 Å². The quantitative estimate of drug-likeness (QED) is 0.659. The van der Waals surface area contributed by atoms with Crippen LogP contribution in [0.4, 0.5) is 10.2 Å². The lowest BCUT2D eigenvalue weighted by molar-refractivity contribution is -0.131. The van der Waals surface area contributed by atoms with Crippen LogP contribution in [0.3, 0.4) is 0 Å². The van der Waals surface area contributed by atoms with Gasteiger partial charge in [-0.1, -0.05) is 6.07 Å². The molecular weight excluding hydrogens is 379 g/mol. The highest BCUT2D eigenvalue weighted by Gasteiger charge is 2.23. The third-order valence-electron chi connectivity index (χ3n) is 5.02. The number of anilines is 1. The number of carbonyl (C=O) groups is 1. The van der Waals surface area contributed by atoms with E-state index in [1.165, 1.54) is 13.2 Å². The minimum Gasteiger partial charge on any atom is -0.494 e. The number of nitrogens with zero attached hydrogens (tertiary/aromatic N) is 4. The Labute approximate surface area is 166 Å². The molecule has 1 aliphatic heterocycles. The fraction of sp³-hybridized carbons (Fsp3) is 0.350. The van der Waals surface area contributed by atoms with E-state index >= 15 is 0 Å². The number of methoxy groups -OCH3 is 1. The SMILES string of the molecule is COc1ccc(CCC(=O)N2CCN(c3ncnc4sccc34)CC2)cc1F. The molecule has 1 aliphatic rings. The zero-order valence-electron chi connectivity index (χ0n) is 15.6. The van der Waals surface area contributed by atoms with Gasteiger partial charge in [-0.3, -0.25) is 4.79 Å². The monoisotopic (exact) mass is 400 g/mol. The molecule has 0 bridgehead atoms. The molecule has 0 aliphatic carbocycles. The third kappa shape index (κ3) is 3.77. The minimum absolute atomic E-state index is 0.0965. The van der Waals surface area contributed by atoms with Crippen LogP contribution >= 0.6 is 11.3 Å². The zero-order valence-corrected chi connectivity index (χ0v) is 16.4. The number of aryl methyl sites for hydroxylation is 1. The van der Waals surface area contributed by atoms with Crippen molar-refractivity contribution in [1.82, 2.24) is 14.9 Å². The fourth-order valence-electron chi connectivity index (χ4n) is 3.47. The number of amides is 1. The lowest BCUT2D eigenvalue weighted by Gasteiger charge is -2.35. The second kappa shape index (κ2) is 8.10. The molecular formula is C20H21FN4O2S. The Bertz CT molecular complexity index is 985. The number of piperazine rings is 1. The number of ether oxygens (including phenoxy) is 1. The first kappa shape index (κ1) is 18.6. The molecule has 0 saturated carbocycles. The summed E-state index contributed by atoms with van der Waals surface area (Å²) in [5.41, 5.74) is 0.797. The Kier molecular flexibility index (Phi) is 5.38. The number of hydrogen-bond acceptors (Lipinski definition) is 6. The number of halogens is 1. The lowest BCUT2D eigenvalue weighted by Crippen LogP contribution is -2.49. The van der Waals surface area contributed by atoms with Crippen LogP contribution in [-0.2, 0) is 11.2 Å². The standard InChI is InChI=1S/C20H21FN4O2S/c1-27-17-4-2-14(12-16(17)21)3-5-18(26)24-7-9-25(10-8-24)19-15-6-11-28-20(15)23-13-22-19/h2,4,6,11-13H,3,5,7-10H2,1H3. The highest BCUT2D eigenvalue weighted by molar-refractivity contribution is 7.16. The molecule has 0 spiro atoms. The summed E-state index contributed by atoms with van der Waals surface area (Å²) in [5.74, 6) is 0.854. The van der Waals surface area contributed by atoms with Crippen LogP contribution in [0.1, 0.15) is 12.0 Å². The first-order valence-electron chi connectivity index (χ1n) is 9.19. The van der Waals surface area contributed by atoms with Crippen molar-refractivity contribution in [2.75, 3.05) is 38.2 Å². The summed E-state index contributed by atoms with van der Waals surface area (Å²) >= 11 is 1.60. The predicted molar refractivity (Wildman–Crippen MR) is 107 cm³/mol. The normalized spacial score (nSPS) is 14.5. The molecule has 0 N–H and O–H groups in total. The molecule has 1 fully saturated rings. The van der Waals surface area contributed by atoms with Gasteiger partial charge in [0.2, 0.25) is 5.91 Å². The Morgan fingerprint density at radius 2 is 2.04 bits per heavy atom. The van der Waals surface area contributed by atoms with Crippen molar-refractivity contribution in [2.24, 2.45) is 0 Å². The molecule has 3 heterocycles. The number of rotatable bonds is 5. The van der Waals surface area contributed by atoms with Gasteiger partial charge in [-0.25, -0.2) is 14.4 Å². The van der Waals surface area contributed by atoms with E-state index in [1.807, 2.05) is 16.3 Å². The molecule has 1 aromatic carbocycles. The van der Waals surface area contributed by atoms with Crippen LogP contribution in [0.2, 0.25) is 0 Å². The first-order valence-corrected chi connectivity index (χ1v) is 10.1. The maximum absolute atomic E-state index is 13.8. The smallest absolute Gasteiger partial charge is 0.223 e. The van der Waals surface area contributed by atoms with Crippen LogP contribution in [0.25, 0.3) is 10.2 Å². The predicted octanol–water partition coefficient (Wildman–Crippen LogP) is 3.12. The summed E-state index contributed by atoms with van der Waals surface area (Å²) in [4.78, 5) is 26.4. The number of benzene rings is 1. The topological polar surface area (TPSA) is 58.6 Å². The second-order valence-corrected chi connectivity index (χ2v) is 7.57. The Balaban J connectivity index is 1.33. The number of hydrogen-bond donors (Lipinski definition) is 0. The summed E-state index contributed by atoms with van der Waals surface area (Å²) in [5, 5.41) is 3.08. The van der Waals surface area contributed by atoms with Gasteiger partial charge in [0.15, 0.2) is 11.6 Å². The van der Waals surface area contributed by atoms with Gasteiger partial charge in [0.25, 0.3) is 0 Å². The van der Waals surface area contributed by atoms with E-state index < -0.39 is 5.82 Å². The maximum Gasteiger partial charge on any atom is 0.223 e. The number of aromatic nitrogens is 2. The van der Waals surface area contributed by atoms with Gasteiger partial charge in [-0.2, -0.15) is 0 Å². The van der Waals surface area contributed by atoms with Crippen molar-refractivity contribution in [3.8, 4) is 5.75 Å². The van der Waals surface area contributed by atoms with Crippen LogP contribution < -0.4 is 9.64 Å². The maximum atomic E-state index is 13.8. The van der Waals surface area contributed by atoms with Crippen molar-refractivity contribution in [1.29, 1.82) is 0 Å². The largest absolute Gasteiger partial charge is 0.494 e. The van der Waals surface area contributed by atoms with Gasteiger partial charge in [-0.15, -0.1) is 11.3 Å². The third-order valence-corrected chi connectivity index (χ3v) is 5.84. The Hall–Kier alpha value is -2.74. The average molecular weight is 400 g/mol. The lowest BCUT2D eigenvalue weighted by atomic mass is 10.1. The highest BCUT2D eigenvalue weighted by atomic mass is 32.1. The molecule has 8 heteroatoms. The molecule has 0 atom stereocenters. The van der Waals surface area contributed by atoms with Crippen molar-refractivity contribution in [2.45, 2.75) is 12.8 Å². The Morgan fingerprint density at radius 3 is 2.79 bits per heavy atom. The Morgan fingerprint density at radius 1 is 1.21 bits per heavy atom. The fourth-order valence-corrected chi connectivity index (χ4v) is 4.20. The molecule has 0 unspecified atom stereocenters. The van der Waals surface area contributed by atoms with Crippen LogP contribution in [0, 0.1) is 5.82 Å². The zero-order chi connectivity index (χ0) is 19.5. The summed E-state index contributed by atoms with van der Waals surface area (Å²) < 4.78 is 18.7.